The van der Waals surface area contributed by atoms with Gasteiger partial charge in [0.15, 0.2) is 5.75 Å². The number of nitrogens with zero attached hydrogens (tertiary/aromatic N) is 1. The van der Waals surface area contributed by atoms with Crippen molar-refractivity contribution < 1.29 is 14.8 Å². The van der Waals surface area contributed by atoms with Crippen LogP contribution in [-0.2, 0) is 0 Å². The zero-order valence-electron chi connectivity index (χ0n) is 9.97. The van der Waals surface area contributed by atoms with E-state index < -0.39 is 4.92 Å². The van der Waals surface area contributed by atoms with Gasteiger partial charge in [0.2, 0.25) is 0 Å². The molecule has 0 radical (unpaired) electrons. The van der Waals surface area contributed by atoms with Crippen molar-refractivity contribution in [3.63, 3.8) is 0 Å². The number of aliphatic hydroxyl groups excluding tert-OH is 1. The van der Waals surface area contributed by atoms with Gasteiger partial charge in [0, 0.05) is 17.7 Å². The first-order valence-electron chi connectivity index (χ1n) is 5.82. The lowest BCUT2D eigenvalue weighted by Crippen LogP contribution is -2.00. The molecular formula is C12H16ClNO4. The van der Waals surface area contributed by atoms with Crippen molar-refractivity contribution in [2.75, 3.05) is 13.2 Å². The van der Waals surface area contributed by atoms with Crippen molar-refractivity contribution in [2.24, 2.45) is 0 Å². The van der Waals surface area contributed by atoms with Crippen LogP contribution in [0, 0.1) is 10.1 Å². The summed E-state index contributed by atoms with van der Waals surface area (Å²) in [6.07, 6.45) is 3.45. The molecule has 5 nitrogen and oxygen atoms in total. The first kappa shape index (κ1) is 14.7. The molecule has 0 aliphatic heterocycles. The number of benzene rings is 1. The number of aliphatic hydroxyl groups is 1. The quantitative estimate of drug-likeness (QED) is 0.448. The summed E-state index contributed by atoms with van der Waals surface area (Å²) < 4.78 is 5.37. The highest BCUT2D eigenvalue weighted by Gasteiger charge is 2.15. The monoisotopic (exact) mass is 273 g/mol. The fraction of sp³-hybridized carbons (Fsp3) is 0.500. The van der Waals surface area contributed by atoms with Crippen LogP contribution in [0.25, 0.3) is 0 Å². The molecule has 6 heteroatoms. The molecule has 0 atom stereocenters. The Morgan fingerprint density at radius 3 is 2.67 bits per heavy atom. The minimum Gasteiger partial charge on any atom is -0.487 e. The Labute approximate surface area is 110 Å². The van der Waals surface area contributed by atoms with Crippen LogP contribution in [0.4, 0.5) is 5.69 Å². The molecule has 18 heavy (non-hydrogen) atoms. The number of nitro groups is 1. The predicted molar refractivity (Wildman–Crippen MR) is 69.2 cm³/mol. The van der Waals surface area contributed by atoms with Crippen molar-refractivity contribution in [2.45, 2.75) is 25.7 Å². The maximum absolute atomic E-state index is 10.8. The summed E-state index contributed by atoms with van der Waals surface area (Å²) >= 11 is 5.70. The molecule has 100 valence electrons. The Morgan fingerprint density at radius 1 is 1.28 bits per heavy atom. The van der Waals surface area contributed by atoms with Gasteiger partial charge in [-0.25, -0.2) is 0 Å². The van der Waals surface area contributed by atoms with Crippen LogP contribution in [0.2, 0.25) is 5.02 Å². The van der Waals surface area contributed by atoms with Gasteiger partial charge in [0.05, 0.1) is 11.5 Å². The van der Waals surface area contributed by atoms with Crippen molar-refractivity contribution in [1.29, 1.82) is 0 Å². The lowest BCUT2D eigenvalue weighted by atomic mass is 10.2. The average Bonchev–Trinajstić information content (AvgIpc) is 2.35. The first-order valence-corrected chi connectivity index (χ1v) is 6.20. The maximum atomic E-state index is 10.8. The average molecular weight is 274 g/mol. The minimum absolute atomic E-state index is 0.113. The molecule has 0 aliphatic carbocycles. The topological polar surface area (TPSA) is 72.6 Å². The highest BCUT2D eigenvalue weighted by molar-refractivity contribution is 6.30. The smallest absolute Gasteiger partial charge is 0.312 e. The summed E-state index contributed by atoms with van der Waals surface area (Å²) in [5, 5.41) is 19.7. The van der Waals surface area contributed by atoms with Gasteiger partial charge in [0.25, 0.3) is 0 Å². The molecule has 0 heterocycles. The summed E-state index contributed by atoms with van der Waals surface area (Å²) in [5.41, 5.74) is -0.113. The predicted octanol–water partition coefficient (Wildman–Crippen LogP) is 3.18. The van der Waals surface area contributed by atoms with Crippen molar-refractivity contribution in [3.05, 3.63) is 33.3 Å². The Balaban J connectivity index is 2.44. The molecule has 0 saturated heterocycles. The van der Waals surface area contributed by atoms with Crippen LogP contribution in [0.15, 0.2) is 18.2 Å². The molecule has 1 aromatic rings. The fourth-order valence-electron chi connectivity index (χ4n) is 1.50. The van der Waals surface area contributed by atoms with Crippen LogP contribution in [0.1, 0.15) is 25.7 Å². The largest absolute Gasteiger partial charge is 0.487 e. The Bertz CT molecular complexity index is 398. The first-order chi connectivity index (χ1) is 8.65. The second-order valence-corrected chi connectivity index (χ2v) is 4.29. The Hall–Kier alpha value is -1.33. The molecule has 1 aromatic carbocycles. The van der Waals surface area contributed by atoms with Gasteiger partial charge in [0.1, 0.15) is 0 Å². The number of hydrogen-bond donors (Lipinski definition) is 1. The van der Waals surface area contributed by atoms with Crippen molar-refractivity contribution >= 4 is 17.3 Å². The van der Waals surface area contributed by atoms with E-state index in [0.29, 0.717) is 11.6 Å². The highest BCUT2D eigenvalue weighted by Crippen LogP contribution is 2.29. The molecule has 0 unspecified atom stereocenters. The van der Waals surface area contributed by atoms with Crippen LogP contribution >= 0.6 is 11.6 Å². The zero-order chi connectivity index (χ0) is 13.4. The van der Waals surface area contributed by atoms with E-state index >= 15 is 0 Å². The van der Waals surface area contributed by atoms with Crippen molar-refractivity contribution in [3.8, 4) is 5.75 Å². The summed E-state index contributed by atoms with van der Waals surface area (Å²) in [6, 6.07) is 4.35. The van der Waals surface area contributed by atoms with Crippen LogP contribution in [0.3, 0.4) is 0 Å². The van der Waals surface area contributed by atoms with E-state index in [1.54, 1.807) is 6.07 Å². The molecule has 0 fully saturated rings. The highest BCUT2D eigenvalue weighted by atomic mass is 35.5. The molecule has 0 saturated carbocycles. The lowest BCUT2D eigenvalue weighted by Gasteiger charge is -2.06. The lowest BCUT2D eigenvalue weighted by molar-refractivity contribution is -0.385. The van der Waals surface area contributed by atoms with Gasteiger partial charge in [-0.1, -0.05) is 18.0 Å². The number of nitro benzene ring substituents is 1. The van der Waals surface area contributed by atoms with E-state index in [4.69, 9.17) is 21.4 Å². The standard InChI is InChI=1S/C12H16ClNO4/c13-10-5-6-12(11(9-10)14(16)17)18-8-4-2-1-3-7-15/h5-6,9,15H,1-4,7-8H2. The van der Waals surface area contributed by atoms with Crippen molar-refractivity contribution in [1.82, 2.24) is 0 Å². The van der Waals surface area contributed by atoms with Crippen LogP contribution in [0.5, 0.6) is 5.75 Å². The van der Waals surface area contributed by atoms with Gasteiger partial charge in [-0.3, -0.25) is 10.1 Å². The third kappa shape index (κ3) is 4.89. The number of unbranched alkanes of at least 4 members (excludes halogenated alkanes) is 3. The molecule has 0 amide bonds. The number of hydrogen-bond acceptors (Lipinski definition) is 4. The van der Waals surface area contributed by atoms with Gasteiger partial charge in [-0.15, -0.1) is 0 Å². The maximum Gasteiger partial charge on any atom is 0.312 e. The molecule has 0 aromatic heterocycles. The number of ether oxygens (including phenoxy) is 1. The van der Waals surface area contributed by atoms with E-state index in [9.17, 15) is 10.1 Å². The second kappa shape index (κ2) is 7.89. The Kier molecular flexibility index (Phi) is 6.46. The van der Waals surface area contributed by atoms with E-state index in [1.807, 2.05) is 0 Å². The van der Waals surface area contributed by atoms with Gasteiger partial charge < -0.3 is 9.84 Å². The van der Waals surface area contributed by atoms with Gasteiger partial charge in [-0.2, -0.15) is 0 Å². The molecule has 0 spiro atoms. The van der Waals surface area contributed by atoms with Gasteiger partial charge >= 0.3 is 5.69 Å². The summed E-state index contributed by atoms with van der Waals surface area (Å²) in [7, 11) is 0. The normalized spacial score (nSPS) is 10.3. The summed E-state index contributed by atoms with van der Waals surface area (Å²) in [4.78, 5) is 10.3. The molecule has 0 aliphatic rings. The summed E-state index contributed by atoms with van der Waals surface area (Å²) in [6.45, 7) is 0.622. The van der Waals surface area contributed by atoms with Gasteiger partial charge in [-0.05, 0) is 31.4 Å². The number of halogens is 1. The van der Waals surface area contributed by atoms with E-state index in [2.05, 4.69) is 0 Å². The molecule has 1 N–H and O–H groups in total. The minimum atomic E-state index is -0.507. The van der Waals surface area contributed by atoms with Crippen LogP contribution in [-0.4, -0.2) is 23.2 Å². The van der Waals surface area contributed by atoms with Crippen LogP contribution < -0.4 is 4.74 Å². The Morgan fingerprint density at radius 2 is 2.00 bits per heavy atom. The molecule has 1 rings (SSSR count). The second-order valence-electron chi connectivity index (χ2n) is 3.86. The van der Waals surface area contributed by atoms with E-state index in [0.717, 1.165) is 25.7 Å². The molecule has 0 bridgehead atoms. The summed E-state index contributed by atoms with van der Waals surface area (Å²) in [5.74, 6) is 0.242. The zero-order valence-corrected chi connectivity index (χ0v) is 10.7. The molecular weight excluding hydrogens is 258 g/mol. The SMILES string of the molecule is O=[N+]([O-])c1cc(Cl)ccc1OCCCCCCO. The third-order valence-electron chi connectivity index (χ3n) is 2.43. The number of rotatable bonds is 8. The third-order valence-corrected chi connectivity index (χ3v) is 2.66. The van der Waals surface area contributed by atoms with E-state index in [-0.39, 0.29) is 18.0 Å². The van der Waals surface area contributed by atoms with E-state index in [1.165, 1.54) is 12.1 Å². The fourth-order valence-corrected chi connectivity index (χ4v) is 1.67.